The lowest BCUT2D eigenvalue weighted by atomic mass is 10.1. The fourth-order valence-corrected chi connectivity index (χ4v) is 3.00. The van der Waals surface area contributed by atoms with E-state index in [1.807, 2.05) is 4.90 Å². The van der Waals surface area contributed by atoms with Gasteiger partial charge in [0.1, 0.15) is 23.4 Å². The summed E-state index contributed by atoms with van der Waals surface area (Å²) < 4.78 is 10.5. The van der Waals surface area contributed by atoms with Crippen molar-refractivity contribution < 1.29 is 14.3 Å². The molecular formula is C19H20N4O3. The van der Waals surface area contributed by atoms with Gasteiger partial charge in [0.2, 0.25) is 0 Å². The zero-order valence-electron chi connectivity index (χ0n) is 14.8. The highest BCUT2D eigenvalue weighted by Gasteiger charge is 2.26. The number of hydrogen-bond acceptors (Lipinski definition) is 6. The van der Waals surface area contributed by atoms with E-state index < -0.39 is 0 Å². The van der Waals surface area contributed by atoms with Gasteiger partial charge in [0, 0.05) is 38.4 Å². The molecule has 2 aromatic rings. The normalized spacial score (nSPS) is 13.9. The average molecular weight is 352 g/mol. The van der Waals surface area contributed by atoms with E-state index >= 15 is 0 Å². The average Bonchev–Trinajstić information content (AvgIpc) is 2.72. The van der Waals surface area contributed by atoms with Crippen LogP contribution in [0.5, 0.6) is 11.5 Å². The zero-order chi connectivity index (χ0) is 18.5. The van der Waals surface area contributed by atoms with Crippen LogP contribution in [0.4, 0.5) is 5.82 Å². The number of rotatable bonds is 4. The number of hydrogen-bond donors (Lipinski definition) is 0. The van der Waals surface area contributed by atoms with E-state index in [0.717, 1.165) is 0 Å². The predicted molar refractivity (Wildman–Crippen MR) is 96.6 cm³/mol. The molecule has 0 aliphatic carbocycles. The van der Waals surface area contributed by atoms with Gasteiger partial charge in [-0.05, 0) is 24.3 Å². The quantitative estimate of drug-likeness (QED) is 0.837. The van der Waals surface area contributed by atoms with Gasteiger partial charge in [-0.1, -0.05) is 0 Å². The summed E-state index contributed by atoms with van der Waals surface area (Å²) in [6.45, 7) is 2.34. The van der Waals surface area contributed by atoms with Crippen LogP contribution in [-0.2, 0) is 0 Å². The fraction of sp³-hybridized carbons (Fsp3) is 0.316. The van der Waals surface area contributed by atoms with Crippen LogP contribution in [0.3, 0.4) is 0 Å². The first-order valence-electron chi connectivity index (χ1n) is 8.29. The third-order valence-electron chi connectivity index (χ3n) is 4.41. The van der Waals surface area contributed by atoms with E-state index in [1.165, 1.54) is 7.11 Å². The lowest BCUT2D eigenvalue weighted by Crippen LogP contribution is -2.49. The number of aromatic nitrogens is 1. The molecule has 7 nitrogen and oxygen atoms in total. The second-order valence-electron chi connectivity index (χ2n) is 5.83. The van der Waals surface area contributed by atoms with Gasteiger partial charge < -0.3 is 19.3 Å². The van der Waals surface area contributed by atoms with E-state index in [9.17, 15) is 10.1 Å². The number of piperazine rings is 1. The highest BCUT2D eigenvalue weighted by atomic mass is 16.5. The number of methoxy groups -OCH3 is 2. The minimum atomic E-state index is -0.0781. The van der Waals surface area contributed by atoms with E-state index in [1.54, 1.807) is 48.5 Å². The van der Waals surface area contributed by atoms with Gasteiger partial charge in [0.05, 0.1) is 25.3 Å². The van der Waals surface area contributed by atoms with Crippen molar-refractivity contribution in [2.75, 3.05) is 45.3 Å². The number of benzene rings is 1. The molecular weight excluding hydrogens is 332 g/mol. The number of carbonyl (C=O) groups excluding carboxylic acids is 1. The highest BCUT2D eigenvalue weighted by Crippen LogP contribution is 2.26. The van der Waals surface area contributed by atoms with Crippen LogP contribution in [0.15, 0.2) is 36.5 Å². The molecule has 1 aromatic carbocycles. The molecule has 0 N–H and O–H groups in total. The maximum absolute atomic E-state index is 12.9. The summed E-state index contributed by atoms with van der Waals surface area (Å²) in [4.78, 5) is 21.0. The first kappa shape index (κ1) is 17.5. The molecule has 134 valence electrons. The number of nitrogens with zero attached hydrogens (tertiary/aromatic N) is 4. The van der Waals surface area contributed by atoms with Crippen molar-refractivity contribution in [1.82, 2.24) is 9.88 Å². The molecule has 7 heteroatoms. The number of anilines is 1. The first-order chi connectivity index (χ1) is 12.7. The van der Waals surface area contributed by atoms with Crippen molar-refractivity contribution in [1.29, 1.82) is 5.26 Å². The third-order valence-corrected chi connectivity index (χ3v) is 4.41. The predicted octanol–water partition coefficient (Wildman–Crippen LogP) is 1.93. The van der Waals surface area contributed by atoms with E-state index in [-0.39, 0.29) is 5.91 Å². The molecule has 1 aliphatic heterocycles. The Bertz CT molecular complexity index is 839. The largest absolute Gasteiger partial charge is 0.497 e. The number of nitriles is 1. The van der Waals surface area contributed by atoms with Gasteiger partial charge in [0.25, 0.3) is 5.91 Å². The van der Waals surface area contributed by atoms with Gasteiger partial charge in [-0.15, -0.1) is 0 Å². The molecule has 0 bridgehead atoms. The molecule has 2 heterocycles. The topological polar surface area (TPSA) is 78.7 Å². The number of ether oxygens (including phenoxy) is 2. The van der Waals surface area contributed by atoms with Crippen LogP contribution in [-0.4, -0.2) is 56.2 Å². The third kappa shape index (κ3) is 3.40. The molecule has 1 aromatic heterocycles. The summed E-state index contributed by atoms with van der Waals surface area (Å²) in [6, 6.07) is 10.8. The van der Waals surface area contributed by atoms with Gasteiger partial charge in [-0.2, -0.15) is 5.26 Å². The van der Waals surface area contributed by atoms with Crippen molar-refractivity contribution in [3.05, 3.63) is 47.7 Å². The second kappa shape index (κ2) is 7.74. The Morgan fingerprint density at radius 1 is 1.15 bits per heavy atom. The summed E-state index contributed by atoms with van der Waals surface area (Å²) in [5, 5.41) is 9.23. The minimum absolute atomic E-state index is 0.0781. The van der Waals surface area contributed by atoms with E-state index in [4.69, 9.17) is 9.47 Å². The maximum Gasteiger partial charge on any atom is 0.257 e. The summed E-state index contributed by atoms with van der Waals surface area (Å²) in [5.41, 5.74) is 1.06. The molecule has 1 amide bonds. The fourth-order valence-electron chi connectivity index (χ4n) is 3.00. The Labute approximate surface area is 152 Å². The summed E-state index contributed by atoms with van der Waals surface area (Å²) in [6.07, 6.45) is 1.68. The molecule has 0 radical (unpaired) electrons. The van der Waals surface area contributed by atoms with Crippen LogP contribution in [0.25, 0.3) is 0 Å². The summed E-state index contributed by atoms with van der Waals surface area (Å²) >= 11 is 0. The number of amides is 1. The van der Waals surface area contributed by atoms with Crippen molar-refractivity contribution in [2.45, 2.75) is 0 Å². The SMILES string of the molecule is COc1ccc(C(=O)N2CCN(c3ncccc3C#N)CC2)c(OC)c1. The van der Waals surface area contributed by atoms with Gasteiger partial charge in [-0.3, -0.25) is 4.79 Å². The standard InChI is InChI=1S/C19H20N4O3/c1-25-15-5-6-16(17(12-15)26-2)19(24)23-10-8-22(9-11-23)18-14(13-20)4-3-7-21-18/h3-7,12H,8-11H2,1-2H3. The molecule has 1 aliphatic rings. The number of pyridine rings is 1. The Balaban J connectivity index is 1.72. The van der Waals surface area contributed by atoms with Gasteiger partial charge >= 0.3 is 0 Å². The zero-order valence-corrected chi connectivity index (χ0v) is 14.8. The van der Waals surface area contributed by atoms with Crippen molar-refractivity contribution in [3.63, 3.8) is 0 Å². The monoisotopic (exact) mass is 352 g/mol. The Hall–Kier alpha value is -3.27. The highest BCUT2D eigenvalue weighted by molar-refractivity contribution is 5.97. The van der Waals surface area contributed by atoms with Crippen molar-refractivity contribution in [2.24, 2.45) is 0 Å². The van der Waals surface area contributed by atoms with Crippen LogP contribution in [0, 0.1) is 11.3 Å². The molecule has 3 rings (SSSR count). The van der Waals surface area contributed by atoms with Crippen molar-refractivity contribution >= 4 is 11.7 Å². The number of carbonyl (C=O) groups is 1. The smallest absolute Gasteiger partial charge is 0.257 e. The molecule has 1 saturated heterocycles. The Morgan fingerprint density at radius 3 is 2.58 bits per heavy atom. The molecule has 1 fully saturated rings. The Kier molecular flexibility index (Phi) is 5.23. The van der Waals surface area contributed by atoms with Gasteiger partial charge in [-0.25, -0.2) is 4.98 Å². The van der Waals surface area contributed by atoms with Crippen molar-refractivity contribution in [3.8, 4) is 17.6 Å². The van der Waals surface area contributed by atoms with Crippen LogP contribution in [0.1, 0.15) is 15.9 Å². The summed E-state index contributed by atoms with van der Waals surface area (Å²) in [5.74, 6) is 1.73. The van der Waals surface area contributed by atoms with Gasteiger partial charge in [0.15, 0.2) is 0 Å². The lowest BCUT2D eigenvalue weighted by molar-refractivity contribution is 0.0743. The maximum atomic E-state index is 12.9. The molecule has 0 atom stereocenters. The lowest BCUT2D eigenvalue weighted by Gasteiger charge is -2.35. The van der Waals surface area contributed by atoms with Crippen LogP contribution in [0.2, 0.25) is 0 Å². The van der Waals surface area contributed by atoms with Crippen LogP contribution >= 0.6 is 0 Å². The summed E-state index contributed by atoms with van der Waals surface area (Å²) in [7, 11) is 3.11. The Morgan fingerprint density at radius 2 is 1.92 bits per heavy atom. The van der Waals surface area contributed by atoms with E-state index in [0.29, 0.717) is 54.6 Å². The molecule has 26 heavy (non-hydrogen) atoms. The molecule has 0 spiro atoms. The van der Waals surface area contributed by atoms with Crippen LogP contribution < -0.4 is 14.4 Å². The molecule has 0 unspecified atom stereocenters. The molecule has 0 saturated carbocycles. The minimum Gasteiger partial charge on any atom is -0.497 e. The van der Waals surface area contributed by atoms with E-state index in [2.05, 4.69) is 11.1 Å². The second-order valence-corrected chi connectivity index (χ2v) is 5.83. The first-order valence-corrected chi connectivity index (χ1v) is 8.29.